The molecule has 3 heterocycles. The molecule has 15 heteroatoms. The van der Waals surface area contributed by atoms with Crippen LogP contribution in [0.1, 0.15) is 29.1 Å². The van der Waals surface area contributed by atoms with E-state index in [1.165, 1.54) is 6.07 Å². The van der Waals surface area contributed by atoms with Gasteiger partial charge in [-0.05, 0) is 46.2 Å². The van der Waals surface area contributed by atoms with E-state index in [0.717, 1.165) is 15.8 Å². The van der Waals surface area contributed by atoms with Gasteiger partial charge in [-0.2, -0.15) is 9.67 Å². The van der Waals surface area contributed by atoms with Crippen LogP contribution >= 0.6 is 0 Å². The van der Waals surface area contributed by atoms with E-state index < -0.39 is 42.6 Å². The first-order chi connectivity index (χ1) is 21.7. The van der Waals surface area contributed by atoms with Gasteiger partial charge in [0.05, 0.1) is 29.7 Å². The highest BCUT2D eigenvalue weighted by Crippen LogP contribution is 2.35. The molecule has 3 aromatic carbocycles. The van der Waals surface area contributed by atoms with Crippen LogP contribution in [0.3, 0.4) is 0 Å². The SMILES string of the molecule is CCOc1nc2cccc(C(=O)O)c2n1Cc1ccc(-c2ccccc2-c2nnnn2C2O[C@H](C(=O)O)[C@@H](O)[C@H](O)[C@H]2O)cc1. The number of aliphatic carboxylic acids is 1. The molecule has 0 amide bonds. The molecule has 6 rings (SSSR count). The normalized spacial score (nSPS) is 21.6. The van der Waals surface area contributed by atoms with Gasteiger partial charge in [-0.1, -0.05) is 54.6 Å². The molecule has 15 nitrogen and oxygen atoms in total. The Hall–Kier alpha value is -5.22. The summed E-state index contributed by atoms with van der Waals surface area (Å²) < 4.78 is 14.0. The number of hydrogen-bond donors (Lipinski definition) is 5. The highest BCUT2D eigenvalue weighted by molar-refractivity contribution is 6.01. The number of aliphatic hydroxyl groups is 3. The quantitative estimate of drug-likeness (QED) is 0.159. The first-order valence-corrected chi connectivity index (χ1v) is 13.9. The second-order valence-electron chi connectivity index (χ2n) is 10.3. The number of imidazole rings is 1. The van der Waals surface area contributed by atoms with Crippen LogP contribution in [-0.4, -0.2) is 98.3 Å². The first kappa shape index (κ1) is 29.8. The fraction of sp³-hybridized carbons (Fsp3) is 0.267. The van der Waals surface area contributed by atoms with Crippen LogP contribution in [0.25, 0.3) is 33.5 Å². The molecule has 1 fully saturated rings. The molecule has 5 N–H and O–H groups in total. The van der Waals surface area contributed by atoms with Crippen LogP contribution in [-0.2, 0) is 16.1 Å². The molecule has 1 unspecified atom stereocenters. The average Bonchev–Trinajstić information content (AvgIpc) is 3.65. The van der Waals surface area contributed by atoms with Crippen LogP contribution in [0.2, 0.25) is 0 Å². The zero-order chi connectivity index (χ0) is 31.8. The molecule has 5 atom stereocenters. The Labute approximate surface area is 254 Å². The number of nitrogens with zero attached hydrogens (tertiary/aromatic N) is 6. The van der Waals surface area contributed by atoms with E-state index in [9.17, 15) is 35.1 Å². The van der Waals surface area contributed by atoms with Gasteiger partial charge in [0.25, 0.3) is 6.01 Å². The lowest BCUT2D eigenvalue weighted by atomic mass is 9.96. The van der Waals surface area contributed by atoms with Gasteiger partial charge in [-0.25, -0.2) is 9.59 Å². The minimum absolute atomic E-state index is 0.109. The van der Waals surface area contributed by atoms with Crippen molar-refractivity contribution in [3.63, 3.8) is 0 Å². The first-order valence-electron chi connectivity index (χ1n) is 13.9. The number of aliphatic hydroxyl groups excluding tert-OH is 3. The van der Waals surface area contributed by atoms with E-state index in [2.05, 4.69) is 20.5 Å². The van der Waals surface area contributed by atoms with E-state index in [4.69, 9.17) is 9.47 Å². The van der Waals surface area contributed by atoms with Crippen molar-refractivity contribution in [3.05, 3.63) is 77.9 Å². The van der Waals surface area contributed by atoms with Crippen molar-refractivity contribution in [3.8, 4) is 28.5 Å². The molecular weight excluding hydrogens is 588 g/mol. The van der Waals surface area contributed by atoms with Gasteiger partial charge in [0.1, 0.15) is 18.3 Å². The maximum Gasteiger partial charge on any atom is 0.337 e. The number of aromatic nitrogens is 6. The molecule has 0 bridgehead atoms. The lowest BCUT2D eigenvalue weighted by Crippen LogP contribution is -2.58. The van der Waals surface area contributed by atoms with E-state index in [0.29, 0.717) is 34.8 Å². The Kier molecular flexibility index (Phi) is 7.99. The zero-order valence-electron chi connectivity index (χ0n) is 23.7. The second kappa shape index (κ2) is 12.0. The number of rotatable bonds is 9. The van der Waals surface area contributed by atoms with Crippen molar-refractivity contribution in [1.82, 2.24) is 29.8 Å². The van der Waals surface area contributed by atoms with Crippen molar-refractivity contribution >= 4 is 23.0 Å². The molecule has 5 aromatic rings. The van der Waals surface area contributed by atoms with E-state index in [1.807, 2.05) is 43.3 Å². The Balaban J connectivity index is 1.34. The summed E-state index contributed by atoms with van der Waals surface area (Å²) in [5, 5.41) is 62.0. The van der Waals surface area contributed by atoms with E-state index >= 15 is 0 Å². The summed E-state index contributed by atoms with van der Waals surface area (Å²) in [6, 6.07) is 19.8. The van der Waals surface area contributed by atoms with E-state index in [1.54, 1.807) is 28.8 Å². The Morgan fingerprint density at radius 2 is 1.64 bits per heavy atom. The van der Waals surface area contributed by atoms with Crippen LogP contribution in [0, 0.1) is 0 Å². The van der Waals surface area contributed by atoms with Gasteiger partial charge in [-0.15, -0.1) is 5.10 Å². The summed E-state index contributed by atoms with van der Waals surface area (Å²) in [7, 11) is 0. The number of para-hydroxylation sites is 1. The molecular formula is C30H28N6O9. The van der Waals surface area contributed by atoms with Crippen LogP contribution in [0.15, 0.2) is 66.7 Å². The molecule has 0 spiro atoms. The summed E-state index contributed by atoms with van der Waals surface area (Å²) in [4.78, 5) is 28.1. The molecule has 0 saturated carbocycles. The third kappa shape index (κ3) is 5.38. The molecule has 1 aliphatic heterocycles. The van der Waals surface area contributed by atoms with Gasteiger partial charge >= 0.3 is 11.9 Å². The lowest BCUT2D eigenvalue weighted by molar-refractivity contribution is -0.249. The largest absolute Gasteiger partial charge is 0.479 e. The lowest BCUT2D eigenvalue weighted by Gasteiger charge is -2.38. The number of hydrogen-bond acceptors (Lipinski definition) is 11. The summed E-state index contributed by atoms with van der Waals surface area (Å²) in [6.07, 6.45) is -8.75. The smallest absolute Gasteiger partial charge is 0.337 e. The van der Waals surface area contributed by atoms with Crippen molar-refractivity contribution in [1.29, 1.82) is 0 Å². The van der Waals surface area contributed by atoms with Crippen LogP contribution < -0.4 is 4.74 Å². The molecule has 232 valence electrons. The van der Waals surface area contributed by atoms with Gasteiger partial charge in [-0.3, -0.25) is 4.57 Å². The fourth-order valence-electron chi connectivity index (χ4n) is 5.43. The van der Waals surface area contributed by atoms with Crippen molar-refractivity contribution < 1.29 is 44.6 Å². The third-order valence-electron chi connectivity index (χ3n) is 7.57. The number of benzene rings is 3. The number of ether oxygens (including phenoxy) is 2. The average molecular weight is 617 g/mol. The van der Waals surface area contributed by atoms with Crippen molar-refractivity contribution in [2.45, 2.75) is 44.1 Å². The van der Waals surface area contributed by atoms with E-state index in [-0.39, 0.29) is 17.9 Å². The Morgan fingerprint density at radius 3 is 2.33 bits per heavy atom. The number of fused-ring (bicyclic) bond motifs is 1. The topological polar surface area (TPSA) is 215 Å². The predicted octanol–water partition coefficient (Wildman–Crippen LogP) is 1.57. The highest BCUT2D eigenvalue weighted by Gasteiger charge is 2.48. The number of carboxylic acid groups (broad SMARTS) is 2. The third-order valence-corrected chi connectivity index (χ3v) is 7.57. The Bertz CT molecular complexity index is 1870. The minimum atomic E-state index is -1.86. The summed E-state index contributed by atoms with van der Waals surface area (Å²) in [5.41, 5.74) is 3.88. The second-order valence-corrected chi connectivity index (χ2v) is 10.3. The number of aromatic carboxylic acids is 1. The van der Waals surface area contributed by atoms with Gasteiger partial charge < -0.3 is 35.0 Å². The number of tetrazole rings is 1. The van der Waals surface area contributed by atoms with Gasteiger partial charge in [0.2, 0.25) is 0 Å². The summed E-state index contributed by atoms with van der Waals surface area (Å²) in [6.45, 7) is 2.45. The minimum Gasteiger partial charge on any atom is -0.479 e. The zero-order valence-corrected chi connectivity index (χ0v) is 23.7. The van der Waals surface area contributed by atoms with Crippen LogP contribution in [0.4, 0.5) is 0 Å². The molecule has 2 aromatic heterocycles. The maximum atomic E-state index is 12.0. The number of carbonyl (C=O) groups is 2. The van der Waals surface area contributed by atoms with Crippen LogP contribution in [0.5, 0.6) is 6.01 Å². The van der Waals surface area contributed by atoms with Gasteiger partial charge in [0.15, 0.2) is 18.2 Å². The predicted molar refractivity (Wildman–Crippen MR) is 155 cm³/mol. The van der Waals surface area contributed by atoms with Crippen molar-refractivity contribution in [2.75, 3.05) is 6.61 Å². The maximum absolute atomic E-state index is 12.0. The summed E-state index contributed by atoms with van der Waals surface area (Å²) >= 11 is 0. The molecule has 0 radical (unpaired) electrons. The fourth-order valence-corrected chi connectivity index (χ4v) is 5.43. The molecule has 1 aliphatic rings. The standard InChI is InChI=1S/C30H28N6O9/c1-2-44-30-31-20-9-5-8-19(28(40)41)21(20)35(30)14-15-10-12-16(13-11-15)17-6-3-4-7-18(17)26-32-33-34-36(26)27-24(39)22(37)23(38)25(45-27)29(42)43/h3-13,22-25,27,37-39H,2,14H2,1H3,(H,40,41)(H,42,43)/t22-,23-,24+,25-,27?/m0/s1. The monoisotopic (exact) mass is 616 g/mol. The molecule has 1 saturated heterocycles. The highest BCUT2D eigenvalue weighted by atomic mass is 16.6. The molecule has 45 heavy (non-hydrogen) atoms. The number of carboxylic acids is 2. The van der Waals surface area contributed by atoms with Crippen molar-refractivity contribution in [2.24, 2.45) is 0 Å². The molecule has 0 aliphatic carbocycles. The Morgan fingerprint density at radius 1 is 0.911 bits per heavy atom. The van der Waals surface area contributed by atoms with Gasteiger partial charge in [0, 0.05) is 5.56 Å². The summed E-state index contributed by atoms with van der Waals surface area (Å²) in [5.74, 6) is -2.47.